The molecular formula is C24H26N6O5. The fourth-order valence-electron chi connectivity index (χ4n) is 4.62. The summed E-state index contributed by atoms with van der Waals surface area (Å²) >= 11 is 0. The third kappa shape index (κ3) is 4.77. The molecule has 2 aliphatic heterocycles. The fourth-order valence-corrected chi connectivity index (χ4v) is 4.62. The molecule has 0 saturated carbocycles. The van der Waals surface area contributed by atoms with Gasteiger partial charge in [-0.2, -0.15) is 0 Å². The van der Waals surface area contributed by atoms with Crippen molar-refractivity contribution in [3.8, 4) is 11.5 Å². The van der Waals surface area contributed by atoms with Gasteiger partial charge in [0.15, 0.2) is 17.3 Å². The fraction of sp³-hybridized carbons (Fsp3) is 0.417. The van der Waals surface area contributed by atoms with Crippen LogP contribution < -0.4 is 15.0 Å². The van der Waals surface area contributed by atoms with E-state index in [1.807, 2.05) is 30.3 Å². The van der Waals surface area contributed by atoms with Gasteiger partial charge in [-0.3, -0.25) is 9.69 Å². The minimum Gasteiger partial charge on any atom is -0.486 e. The quantitative estimate of drug-likeness (QED) is 0.406. The highest BCUT2D eigenvalue weighted by Gasteiger charge is 2.23. The molecule has 0 amide bonds. The van der Waals surface area contributed by atoms with Crippen molar-refractivity contribution in [2.24, 2.45) is 0 Å². The number of furan rings is 1. The van der Waals surface area contributed by atoms with Gasteiger partial charge in [0.1, 0.15) is 25.5 Å². The molecule has 5 heterocycles. The maximum atomic E-state index is 13.0. The van der Waals surface area contributed by atoms with E-state index in [0.717, 1.165) is 36.1 Å². The van der Waals surface area contributed by atoms with Crippen molar-refractivity contribution in [2.45, 2.75) is 38.6 Å². The van der Waals surface area contributed by atoms with Crippen molar-refractivity contribution in [3.63, 3.8) is 0 Å². The van der Waals surface area contributed by atoms with E-state index < -0.39 is 0 Å². The van der Waals surface area contributed by atoms with Gasteiger partial charge >= 0.3 is 0 Å². The van der Waals surface area contributed by atoms with E-state index in [1.54, 1.807) is 10.9 Å². The van der Waals surface area contributed by atoms with E-state index in [9.17, 15) is 4.79 Å². The Morgan fingerprint density at radius 1 is 1.11 bits per heavy atom. The van der Waals surface area contributed by atoms with Crippen LogP contribution in [0, 0.1) is 0 Å². The Morgan fingerprint density at radius 2 is 2.00 bits per heavy atom. The van der Waals surface area contributed by atoms with Crippen molar-refractivity contribution in [1.29, 1.82) is 0 Å². The lowest BCUT2D eigenvalue weighted by molar-refractivity contribution is 0.0663. The van der Waals surface area contributed by atoms with Crippen molar-refractivity contribution >= 4 is 10.9 Å². The molecule has 3 aromatic heterocycles. The van der Waals surface area contributed by atoms with Gasteiger partial charge in [-0.1, -0.05) is 0 Å². The van der Waals surface area contributed by atoms with Crippen LogP contribution in [0.2, 0.25) is 0 Å². The van der Waals surface area contributed by atoms with Crippen LogP contribution >= 0.6 is 0 Å². The third-order valence-corrected chi connectivity index (χ3v) is 6.32. The zero-order chi connectivity index (χ0) is 23.6. The number of hydrogen-bond acceptors (Lipinski definition) is 9. The highest BCUT2D eigenvalue weighted by Crippen LogP contribution is 2.33. The summed E-state index contributed by atoms with van der Waals surface area (Å²) in [4.78, 5) is 18.2. The van der Waals surface area contributed by atoms with Crippen molar-refractivity contribution in [1.82, 2.24) is 30.1 Å². The van der Waals surface area contributed by atoms with Crippen LogP contribution in [0.4, 0.5) is 0 Å². The lowest BCUT2D eigenvalue weighted by atomic mass is 10.1. The van der Waals surface area contributed by atoms with Crippen LogP contribution in [-0.2, 0) is 24.4 Å². The largest absolute Gasteiger partial charge is 0.486 e. The van der Waals surface area contributed by atoms with Gasteiger partial charge in [0, 0.05) is 36.7 Å². The molecule has 4 aromatic rings. The summed E-state index contributed by atoms with van der Waals surface area (Å²) in [6.45, 7) is 3.77. The highest BCUT2D eigenvalue weighted by atomic mass is 16.6. The van der Waals surface area contributed by atoms with Gasteiger partial charge in [0.05, 0.1) is 24.4 Å². The first-order valence-corrected chi connectivity index (χ1v) is 11.8. The second-order valence-corrected chi connectivity index (χ2v) is 8.84. The predicted molar refractivity (Wildman–Crippen MR) is 124 cm³/mol. The zero-order valence-corrected chi connectivity index (χ0v) is 19.2. The van der Waals surface area contributed by atoms with E-state index in [0.29, 0.717) is 62.3 Å². The molecule has 0 spiro atoms. The predicted octanol–water partition coefficient (Wildman–Crippen LogP) is 2.11. The number of nitrogens with one attached hydrogen (secondary N) is 1. The number of aromatic amines is 1. The first-order chi connectivity index (χ1) is 17.2. The number of H-pyrrole nitrogens is 1. The smallest absolute Gasteiger partial charge is 0.252 e. The molecule has 1 fully saturated rings. The Bertz CT molecular complexity index is 1360. The topological polar surface area (TPSA) is 121 Å². The van der Waals surface area contributed by atoms with Gasteiger partial charge < -0.3 is 23.6 Å². The summed E-state index contributed by atoms with van der Waals surface area (Å²) in [5.74, 6) is 2.80. The SMILES string of the molecule is O=c1[nH]c2cc3c(cc2cc1CN(Cc1nnnn1Cc1ccco1)CC1CCCO1)OCCO3. The molecule has 0 aliphatic carbocycles. The van der Waals surface area contributed by atoms with E-state index in [-0.39, 0.29) is 11.7 Å². The molecule has 1 saturated heterocycles. The summed E-state index contributed by atoms with van der Waals surface area (Å²) in [6, 6.07) is 9.38. The average molecular weight is 479 g/mol. The summed E-state index contributed by atoms with van der Waals surface area (Å²) in [7, 11) is 0. The molecule has 0 radical (unpaired) electrons. The Balaban J connectivity index is 1.27. The molecule has 0 bridgehead atoms. The van der Waals surface area contributed by atoms with Crippen molar-refractivity contribution in [2.75, 3.05) is 26.4 Å². The van der Waals surface area contributed by atoms with Crippen LogP contribution in [0.5, 0.6) is 11.5 Å². The monoisotopic (exact) mass is 478 g/mol. The Labute approximate surface area is 200 Å². The first-order valence-electron chi connectivity index (χ1n) is 11.8. The van der Waals surface area contributed by atoms with Crippen LogP contribution in [0.1, 0.15) is 30.0 Å². The molecule has 1 aromatic carbocycles. The normalized spacial score (nSPS) is 17.5. The van der Waals surface area contributed by atoms with Crippen LogP contribution in [0.15, 0.2) is 45.8 Å². The lowest BCUT2D eigenvalue weighted by Gasteiger charge is -2.24. The second kappa shape index (κ2) is 9.51. The first kappa shape index (κ1) is 21.8. The molecule has 11 heteroatoms. The molecule has 1 atom stereocenters. The minimum atomic E-state index is -0.137. The Kier molecular flexibility index (Phi) is 5.93. The lowest BCUT2D eigenvalue weighted by Crippen LogP contribution is -2.34. The van der Waals surface area contributed by atoms with Crippen molar-refractivity contribution < 1.29 is 18.6 Å². The number of rotatable bonds is 8. The molecule has 35 heavy (non-hydrogen) atoms. The molecule has 6 rings (SSSR count). The van der Waals surface area contributed by atoms with Gasteiger partial charge in [0.25, 0.3) is 5.56 Å². The molecular weight excluding hydrogens is 452 g/mol. The summed E-state index contributed by atoms with van der Waals surface area (Å²) in [5.41, 5.74) is 1.23. The van der Waals surface area contributed by atoms with Crippen LogP contribution in [0.25, 0.3) is 10.9 Å². The minimum absolute atomic E-state index is 0.113. The van der Waals surface area contributed by atoms with Gasteiger partial charge in [0.2, 0.25) is 0 Å². The number of benzene rings is 1. The van der Waals surface area contributed by atoms with Gasteiger partial charge in [-0.25, -0.2) is 4.68 Å². The van der Waals surface area contributed by atoms with Crippen LogP contribution in [0.3, 0.4) is 0 Å². The summed E-state index contributed by atoms with van der Waals surface area (Å²) < 4.78 is 24.4. The zero-order valence-electron chi connectivity index (χ0n) is 19.2. The number of fused-ring (bicyclic) bond motifs is 2. The standard InChI is InChI=1S/C24H26N6O5/c31-24-17(9-16-10-21-22(11-20(16)25-24)35-8-7-34-21)12-29(13-18-3-1-5-32-18)15-23-26-27-28-30(23)14-19-4-2-6-33-19/h2,4,6,9-11,18H,1,3,5,7-8,12-15H2,(H,25,31). The number of tetrazole rings is 1. The van der Waals surface area contributed by atoms with Crippen LogP contribution in [-0.4, -0.2) is 62.6 Å². The molecule has 182 valence electrons. The molecule has 1 N–H and O–H groups in total. The van der Waals surface area contributed by atoms with E-state index >= 15 is 0 Å². The molecule has 2 aliphatic rings. The van der Waals surface area contributed by atoms with Gasteiger partial charge in [-0.15, -0.1) is 5.10 Å². The number of aromatic nitrogens is 5. The maximum Gasteiger partial charge on any atom is 0.252 e. The number of pyridine rings is 1. The summed E-state index contributed by atoms with van der Waals surface area (Å²) in [5, 5.41) is 13.1. The number of ether oxygens (including phenoxy) is 3. The molecule has 1 unspecified atom stereocenters. The Morgan fingerprint density at radius 3 is 2.80 bits per heavy atom. The maximum absolute atomic E-state index is 13.0. The second-order valence-electron chi connectivity index (χ2n) is 8.84. The third-order valence-electron chi connectivity index (χ3n) is 6.32. The molecule has 11 nitrogen and oxygen atoms in total. The number of nitrogens with zero attached hydrogens (tertiary/aromatic N) is 5. The highest BCUT2D eigenvalue weighted by molar-refractivity contribution is 5.83. The summed E-state index contributed by atoms with van der Waals surface area (Å²) in [6.07, 6.45) is 3.77. The van der Waals surface area contributed by atoms with E-state index in [4.69, 9.17) is 18.6 Å². The van der Waals surface area contributed by atoms with E-state index in [2.05, 4.69) is 25.4 Å². The van der Waals surface area contributed by atoms with Crippen molar-refractivity contribution in [3.05, 3.63) is 64.1 Å². The van der Waals surface area contributed by atoms with Gasteiger partial charge in [-0.05, 0) is 47.5 Å². The number of hydrogen-bond donors (Lipinski definition) is 1. The average Bonchev–Trinajstić information content (AvgIpc) is 3.63. The van der Waals surface area contributed by atoms with E-state index in [1.165, 1.54) is 0 Å². The Hall–Kier alpha value is -3.70.